The monoisotopic (exact) mass is 241 g/mol. The van der Waals surface area contributed by atoms with Crippen molar-refractivity contribution < 1.29 is 23.9 Å². The summed E-state index contributed by atoms with van der Waals surface area (Å²) in [6.45, 7) is 1.20. The number of carbonyl (C=O) groups is 3. The molecule has 2 fully saturated rings. The van der Waals surface area contributed by atoms with Gasteiger partial charge in [-0.25, -0.2) is 0 Å². The van der Waals surface area contributed by atoms with Gasteiger partial charge in [0.1, 0.15) is 5.92 Å². The molecular weight excluding hydrogens is 226 g/mol. The van der Waals surface area contributed by atoms with Crippen molar-refractivity contribution in [2.24, 2.45) is 5.92 Å². The zero-order chi connectivity index (χ0) is 12.4. The summed E-state index contributed by atoms with van der Waals surface area (Å²) < 4.78 is 9.90. The lowest BCUT2D eigenvalue weighted by molar-refractivity contribution is -0.150. The molecule has 0 N–H and O–H groups in total. The molecule has 17 heavy (non-hydrogen) atoms. The van der Waals surface area contributed by atoms with Crippen molar-refractivity contribution in [3.8, 4) is 0 Å². The first-order valence-corrected chi connectivity index (χ1v) is 5.66. The number of Topliss-reactive ketones (excluding diaryl/α,β-unsaturated/α-hetero) is 1. The smallest absolute Gasteiger partial charge is 0.318 e. The van der Waals surface area contributed by atoms with Crippen molar-refractivity contribution in [3.05, 3.63) is 0 Å². The first kappa shape index (κ1) is 12.0. The summed E-state index contributed by atoms with van der Waals surface area (Å²) in [5.74, 6) is -2.88. The fourth-order valence-corrected chi connectivity index (χ4v) is 2.21. The quantitative estimate of drug-likeness (QED) is 0.373. The lowest BCUT2D eigenvalue weighted by Crippen LogP contribution is -2.34. The first-order chi connectivity index (χ1) is 8.13. The lowest BCUT2D eigenvalue weighted by Gasteiger charge is -2.19. The van der Waals surface area contributed by atoms with Crippen LogP contribution in [0.25, 0.3) is 0 Å². The molecule has 2 rings (SSSR count). The van der Waals surface area contributed by atoms with Crippen LogP contribution in [0.5, 0.6) is 0 Å². The normalized spacial score (nSPS) is 28.9. The van der Waals surface area contributed by atoms with Crippen LogP contribution in [0.3, 0.4) is 0 Å². The Labute approximate surface area is 98.8 Å². The summed E-state index contributed by atoms with van der Waals surface area (Å²) in [5, 5.41) is 0. The van der Waals surface area contributed by atoms with Gasteiger partial charge in [0.15, 0.2) is 0 Å². The van der Waals surface area contributed by atoms with E-state index < -0.39 is 23.6 Å². The fourth-order valence-electron chi connectivity index (χ4n) is 2.21. The minimum atomic E-state index is -0.964. The summed E-state index contributed by atoms with van der Waals surface area (Å²) in [6.07, 6.45) is 1.85. The molecule has 0 unspecified atom stereocenters. The Hall–Kier alpha value is -1.43. The summed E-state index contributed by atoms with van der Waals surface area (Å²) in [5.41, 5.74) is 0. The summed E-state index contributed by atoms with van der Waals surface area (Å²) in [6, 6.07) is 0. The van der Waals surface area contributed by atoms with E-state index in [0.717, 1.165) is 12.8 Å². The van der Waals surface area contributed by atoms with Crippen molar-refractivity contribution >= 4 is 17.7 Å². The van der Waals surface area contributed by atoms with Gasteiger partial charge in [0.2, 0.25) is 5.78 Å². The maximum atomic E-state index is 11.6. The Bertz CT molecular complexity index is 348. The highest BCUT2D eigenvalue weighted by atomic mass is 16.5. The molecule has 0 aromatic heterocycles. The SMILES string of the molecule is COC(=O)[C@H]1CN(C[C@@H]2CCCO2)C(=O)C1=O. The third-order valence-electron chi connectivity index (χ3n) is 3.15. The van der Waals surface area contributed by atoms with Crippen molar-refractivity contribution in [1.82, 2.24) is 4.90 Å². The molecule has 2 aliphatic rings. The van der Waals surface area contributed by atoms with E-state index in [-0.39, 0.29) is 12.6 Å². The van der Waals surface area contributed by atoms with E-state index in [2.05, 4.69) is 4.74 Å². The molecule has 0 saturated carbocycles. The molecule has 2 atom stereocenters. The highest BCUT2D eigenvalue weighted by Gasteiger charge is 2.44. The van der Waals surface area contributed by atoms with E-state index in [4.69, 9.17) is 4.74 Å². The molecular formula is C11H15NO5. The van der Waals surface area contributed by atoms with Crippen molar-refractivity contribution in [2.75, 3.05) is 26.8 Å². The molecule has 2 heterocycles. The van der Waals surface area contributed by atoms with E-state index in [1.807, 2.05) is 0 Å². The van der Waals surface area contributed by atoms with Crippen LogP contribution in [-0.2, 0) is 23.9 Å². The van der Waals surface area contributed by atoms with E-state index in [1.165, 1.54) is 12.0 Å². The Morgan fingerprint density at radius 3 is 2.88 bits per heavy atom. The maximum Gasteiger partial charge on any atom is 0.318 e. The lowest BCUT2D eigenvalue weighted by atomic mass is 10.1. The number of nitrogens with zero attached hydrogens (tertiary/aromatic N) is 1. The molecule has 0 radical (unpaired) electrons. The average Bonchev–Trinajstić information content (AvgIpc) is 2.92. The Kier molecular flexibility index (Phi) is 3.42. The van der Waals surface area contributed by atoms with Crippen LogP contribution in [-0.4, -0.2) is 55.5 Å². The summed E-state index contributed by atoms with van der Waals surface area (Å²) in [7, 11) is 1.21. The Balaban J connectivity index is 1.98. The van der Waals surface area contributed by atoms with Gasteiger partial charge in [-0.05, 0) is 12.8 Å². The van der Waals surface area contributed by atoms with E-state index in [1.54, 1.807) is 0 Å². The maximum absolute atomic E-state index is 11.6. The predicted octanol–water partition coefficient (Wildman–Crippen LogP) is -0.634. The number of methoxy groups -OCH3 is 1. The molecule has 2 saturated heterocycles. The largest absolute Gasteiger partial charge is 0.468 e. The van der Waals surface area contributed by atoms with Gasteiger partial charge in [0.05, 0.1) is 13.2 Å². The van der Waals surface area contributed by atoms with Crippen molar-refractivity contribution in [1.29, 1.82) is 0 Å². The van der Waals surface area contributed by atoms with Gasteiger partial charge in [0, 0.05) is 19.7 Å². The standard InChI is InChI=1S/C11H15NO5/c1-16-11(15)8-6-12(10(14)9(8)13)5-7-3-2-4-17-7/h7-8H,2-6H2,1H3/t7-,8-/m0/s1. The fraction of sp³-hybridized carbons (Fsp3) is 0.727. The number of rotatable bonds is 3. The van der Waals surface area contributed by atoms with Gasteiger partial charge >= 0.3 is 5.97 Å². The number of ketones is 1. The first-order valence-electron chi connectivity index (χ1n) is 5.66. The average molecular weight is 241 g/mol. The van der Waals surface area contributed by atoms with E-state index >= 15 is 0 Å². The van der Waals surface area contributed by atoms with Crippen molar-refractivity contribution in [2.45, 2.75) is 18.9 Å². The van der Waals surface area contributed by atoms with Crippen molar-refractivity contribution in [3.63, 3.8) is 0 Å². The number of likely N-dealkylation sites (tertiary alicyclic amines) is 1. The molecule has 2 aliphatic heterocycles. The number of hydrogen-bond donors (Lipinski definition) is 0. The minimum Gasteiger partial charge on any atom is -0.468 e. The van der Waals surface area contributed by atoms with Gasteiger partial charge in [-0.1, -0.05) is 0 Å². The summed E-state index contributed by atoms with van der Waals surface area (Å²) >= 11 is 0. The topological polar surface area (TPSA) is 72.9 Å². The molecule has 6 heteroatoms. The van der Waals surface area contributed by atoms with Crippen LogP contribution in [0.2, 0.25) is 0 Å². The zero-order valence-electron chi connectivity index (χ0n) is 9.68. The molecule has 6 nitrogen and oxygen atoms in total. The van der Waals surface area contributed by atoms with Gasteiger partial charge in [-0.15, -0.1) is 0 Å². The Morgan fingerprint density at radius 1 is 1.53 bits per heavy atom. The highest BCUT2D eigenvalue weighted by Crippen LogP contribution is 2.20. The third kappa shape index (κ3) is 2.31. The van der Waals surface area contributed by atoms with Gasteiger partial charge in [-0.3, -0.25) is 14.4 Å². The second-order valence-corrected chi connectivity index (χ2v) is 4.29. The van der Waals surface area contributed by atoms with Crippen LogP contribution in [0.15, 0.2) is 0 Å². The molecule has 0 aromatic carbocycles. The van der Waals surface area contributed by atoms with Gasteiger partial charge in [-0.2, -0.15) is 0 Å². The zero-order valence-corrected chi connectivity index (χ0v) is 9.68. The van der Waals surface area contributed by atoms with Crippen LogP contribution in [0.4, 0.5) is 0 Å². The van der Waals surface area contributed by atoms with Crippen LogP contribution < -0.4 is 0 Å². The predicted molar refractivity (Wildman–Crippen MR) is 56.1 cm³/mol. The molecule has 0 aliphatic carbocycles. The number of esters is 1. The Morgan fingerprint density at radius 2 is 2.29 bits per heavy atom. The second kappa shape index (κ2) is 4.83. The van der Waals surface area contributed by atoms with Gasteiger partial charge < -0.3 is 14.4 Å². The minimum absolute atomic E-state index is 0.0110. The van der Waals surface area contributed by atoms with Gasteiger partial charge in [0.25, 0.3) is 5.91 Å². The molecule has 1 amide bonds. The third-order valence-corrected chi connectivity index (χ3v) is 3.15. The number of ether oxygens (including phenoxy) is 2. The number of hydrogen-bond acceptors (Lipinski definition) is 5. The molecule has 0 bridgehead atoms. The molecule has 0 aromatic rings. The highest BCUT2D eigenvalue weighted by molar-refractivity contribution is 6.42. The molecule has 94 valence electrons. The summed E-state index contributed by atoms with van der Waals surface area (Å²) in [4.78, 5) is 35.9. The van der Waals surface area contributed by atoms with E-state index in [0.29, 0.717) is 13.2 Å². The van der Waals surface area contributed by atoms with Crippen LogP contribution in [0.1, 0.15) is 12.8 Å². The van der Waals surface area contributed by atoms with Crippen LogP contribution in [0, 0.1) is 5.92 Å². The number of carbonyl (C=O) groups excluding carboxylic acids is 3. The number of amides is 1. The second-order valence-electron chi connectivity index (χ2n) is 4.29. The van der Waals surface area contributed by atoms with Crippen LogP contribution >= 0.6 is 0 Å². The molecule has 0 spiro atoms. The van der Waals surface area contributed by atoms with E-state index in [9.17, 15) is 14.4 Å².